The van der Waals surface area contributed by atoms with E-state index in [1.807, 2.05) is 31.3 Å². The molecule has 0 saturated carbocycles. The van der Waals surface area contributed by atoms with Gasteiger partial charge in [0.1, 0.15) is 5.65 Å². The molecule has 102 valence electrons. The van der Waals surface area contributed by atoms with Crippen molar-refractivity contribution in [3.05, 3.63) is 48.1 Å². The molecule has 0 saturated heterocycles. The minimum Gasteiger partial charge on any atom is -0.384 e. The molecule has 0 aliphatic rings. The van der Waals surface area contributed by atoms with Gasteiger partial charge in [-0.1, -0.05) is 6.08 Å². The molecule has 0 radical (unpaired) electrons. The first-order chi connectivity index (χ1) is 8.88. The molecule has 3 nitrogen and oxygen atoms in total. The molecule has 19 heavy (non-hydrogen) atoms. The summed E-state index contributed by atoms with van der Waals surface area (Å²) in [5, 5.41) is 0. The summed E-state index contributed by atoms with van der Waals surface area (Å²) in [6.45, 7) is 0. The van der Waals surface area contributed by atoms with Crippen LogP contribution in [0.25, 0.3) is 5.65 Å². The third kappa shape index (κ3) is 3.07. The second-order valence-corrected chi connectivity index (χ2v) is 4.45. The molecule has 0 fully saturated rings. The van der Waals surface area contributed by atoms with Crippen LogP contribution in [0.1, 0.15) is 11.3 Å². The Kier molecular flexibility index (Phi) is 3.50. The van der Waals surface area contributed by atoms with Crippen molar-refractivity contribution >= 4 is 5.65 Å². The fraction of sp³-hybridized carbons (Fsp3) is 0.308. The van der Waals surface area contributed by atoms with E-state index in [-0.39, 0.29) is 0 Å². The predicted molar refractivity (Wildman–Crippen MR) is 66.7 cm³/mol. The largest absolute Gasteiger partial charge is 0.417 e. The lowest BCUT2D eigenvalue weighted by Crippen LogP contribution is -2.07. The average Bonchev–Trinajstić information content (AvgIpc) is 2.70. The summed E-state index contributed by atoms with van der Waals surface area (Å²) in [4.78, 5) is 5.95. The summed E-state index contributed by atoms with van der Waals surface area (Å²) in [5.74, 6) is 0. The van der Waals surface area contributed by atoms with Gasteiger partial charge in [-0.05, 0) is 18.3 Å². The van der Waals surface area contributed by atoms with E-state index in [2.05, 4.69) is 4.98 Å². The summed E-state index contributed by atoms with van der Waals surface area (Å²) in [7, 11) is 3.76. The van der Waals surface area contributed by atoms with E-state index in [0.29, 0.717) is 12.1 Å². The van der Waals surface area contributed by atoms with Crippen molar-refractivity contribution in [3.63, 3.8) is 0 Å². The van der Waals surface area contributed by atoms with E-state index in [4.69, 9.17) is 0 Å². The number of hydrogen-bond acceptors (Lipinski definition) is 2. The van der Waals surface area contributed by atoms with Crippen LogP contribution in [-0.2, 0) is 12.6 Å². The molecule has 0 N–H and O–H groups in total. The van der Waals surface area contributed by atoms with Crippen LogP contribution in [0.2, 0.25) is 0 Å². The Labute approximate surface area is 109 Å². The number of allylic oxidation sites excluding steroid dienone is 1. The molecule has 0 aromatic carbocycles. The monoisotopic (exact) mass is 269 g/mol. The Hall–Kier alpha value is -1.98. The van der Waals surface area contributed by atoms with E-state index in [1.54, 1.807) is 6.20 Å². The minimum atomic E-state index is -4.34. The fourth-order valence-corrected chi connectivity index (χ4v) is 1.73. The molecule has 0 spiro atoms. The summed E-state index contributed by atoms with van der Waals surface area (Å²) in [6.07, 6.45) is 2.60. The molecule has 0 unspecified atom stereocenters. The molecule has 0 bridgehead atoms. The molecule has 0 aliphatic heterocycles. The van der Waals surface area contributed by atoms with Crippen molar-refractivity contribution in [2.24, 2.45) is 0 Å². The van der Waals surface area contributed by atoms with Gasteiger partial charge in [0.25, 0.3) is 0 Å². The number of nitrogens with zero attached hydrogens (tertiary/aromatic N) is 3. The van der Waals surface area contributed by atoms with Crippen LogP contribution in [0.5, 0.6) is 0 Å². The lowest BCUT2D eigenvalue weighted by atomic mass is 10.2. The molecular weight excluding hydrogens is 255 g/mol. The zero-order chi connectivity index (χ0) is 14.0. The van der Waals surface area contributed by atoms with Crippen LogP contribution in [0.15, 0.2) is 36.8 Å². The number of aromatic nitrogens is 2. The van der Waals surface area contributed by atoms with Gasteiger partial charge in [0.2, 0.25) is 0 Å². The Morgan fingerprint density at radius 3 is 2.68 bits per heavy atom. The van der Waals surface area contributed by atoms with Crippen LogP contribution >= 0.6 is 0 Å². The highest BCUT2D eigenvalue weighted by Crippen LogP contribution is 2.29. The Balaban J connectivity index is 2.35. The molecule has 2 aromatic heterocycles. The van der Waals surface area contributed by atoms with Crippen molar-refractivity contribution in [2.45, 2.75) is 12.6 Å². The molecule has 0 atom stereocenters. The van der Waals surface area contributed by atoms with Gasteiger partial charge >= 0.3 is 6.18 Å². The smallest absolute Gasteiger partial charge is 0.384 e. The number of imidazole rings is 1. The van der Waals surface area contributed by atoms with E-state index in [0.717, 1.165) is 18.0 Å². The van der Waals surface area contributed by atoms with Crippen LogP contribution in [0.3, 0.4) is 0 Å². The topological polar surface area (TPSA) is 20.5 Å². The van der Waals surface area contributed by atoms with Gasteiger partial charge in [0.15, 0.2) is 0 Å². The zero-order valence-corrected chi connectivity index (χ0v) is 10.6. The summed E-state index contributed by atoms with van der Waals surface area (Å²) in [5.41, 5.74) is 0.566. The maximum Gasteiger partial charge on any atom is 0.417 e. The van der Waals surface area contributed by atoms with Crippen molar-refractivity contribution in [3.8, 4) is 0 Å². The first-order valence-corrected chi connectivity index (χ1v) is 5.74. The van der Waals surface area contributed by atoms with E-state index in [9.17, 15) is 13.2 Å². The van der Waals surface area contributed by atoms with Crippen molar-refractivity contribution in [1.82, 2.24) is 14.3 Å². The van der Waals surface area contributed by atoms with E-state index >= 15 is 0 Å². The van der Waals surface area contributed by atoms with Gasteiger partial charge in [-0.3, -0.25) is 0 Å². The van der Waals surface area contributed by atoms with Gasteiger partial charge in [-0.25, -0.2) is 4.98 Å². The molecule has 6 heteroatoms. The van der Waals surface area contributed by atoms with E-state index < -0.39 is 11.7 Å². The van der Waals surface area contributed by atoms with Gasteiger partial charge in [0.05, 0.1) is 5.56 Å². The van der Waals surface area contributed by atoms with E-state index in [1.165, 1.54) is 10.5 Å². The Morgan fingerprint density at radius 1 is 1.32 bits per heavy atom. The number of pyridine rings is 1. The standard InChI is InChI=1S/C13H14F3N3/c1-18(2)7-3-4-11-8-17-12-6-5-10(9-19(11)12)13(14,15)16/h3,5-9H,4H2,1-2H3/b7-3+. The second-order valence-electron chi connectivity index (χ2n) is 4.45. The average molecular weight is 269 g/mol. The third-order valence-electron chi connectivity index (χ3n) is 2.64. The molecule has 2 rings (SSSR count). The maximum atomic E-state index is 12.7. The predicted octanol–water partition coefficient (Wildman–Crippen LogP) is 2.97. The summed E-state index contributed by atoms with van der Waals surface area (Å²) < 4.78 is 39.4. The molecule has 0 amide bonds. The molecule has 2 aromatic rings. The van der Waals surface area contributed by atoms with Crippen LogP contribution < -0.4 is 0 Å². The molecular formula is C13H14F3N3. The third-order valence-corrected chi connectivity index (χ3v) is 2.64. The quantitative estimate of drug-likeness (QED) is 0.854. The first-order valence-electron chi connectivity index (χ1n) is 5.74. The SMILES string of the molecule is CN(C)/C=C/Cc1cnc2ccc(C(F)(F)F)cn12. The van der Waals surface area contributed by atoms with Crippen LogP contribution in [-0.4, -0.2) is 28.4 Å². The van der Waals surface area contributed by atoms with Crippen LogP contribution in [0, 0.1) is 0 Å². The fourth-order valence-electron chi connectivity index (χ4n) is 1.73. The highest BCUT2D eigenvalue weighted by molar-refractivity contribution is 5.42. The minimum absolute atomic E-state index is 0.515. The molecule has 0 aliphatic carbocycles. The van der Waals surface area contributed by atoms with Gasteiger partial charge in [0, 0.05) is 38.6 Å². The number of alkyl halides is 3. The normalized spacial score (nSPS) is 12.5. The lowest BCUT2D eigenvalue weighted by Gasteiger charge is -2.08. The number of fused-ring (bicyclic) bond motifs is 1. The number of hydrogen-bond donors (Lipinski definition) is 0. The molecule has 2 heterocycles. The Bertz CT molecular complexity index is 597. The van der Waals surface area contributed by atoms with Crippen molar-refractivity contribution in [1.29, 1.82) is 0 Å². The zero-order valence-electron chi connectivity index (χ0n) is 10.6. The number of rotatable bonds is 3. The first kappa shape index (κ1) is 13.5. The maximum absolute atomic E-state index is 12.7. The van der Waals surface area contributed by atoms with Crippen molar-refractivity contribution < 1.29 is 13.2 Å². The van der Waals surface area contributed by atoms with Crippen molar-refractivity contribution in [2.75, 3.05) is 14.1 Å². The lowest BCUT2D eigenvalue weighted by molar-refractivity contribution is -0.137. The van der Waals surface area contributed by atoms with Gasteiger partial charge in [-0.2, -0.15) is 13.2 Å². The second kappa shape index (κ2) is 4.95. The number of halogens is 3. The highest BCUT2D eigenvalue weighted by atomic mass is 19.4. The Morgan fingerprint density at radius 2 is 2.05 bits per heavy atom. The van der Waals surface area contributed by atoms with Gasteiger partial charge < -0.3 is 9.30 Å². The highest BCUT2D eigenvalue weighted by Gasteiger charge is 2.30. The van der Waals surface area contributed by atoms with Gasteiger partial charge in [-0.15, -0.1) is 0 Å². The summed E-state index contributed by atoms with van der Waals surface area (Å²) >= 11 is 0. The summed E-state index contributed by atoms with van der Waals surface area (Å²) in [6, 6.07) is 2.42. The van der Waals surface area contributed by atoms with Crippen LogP contribution in [0.4, 0.5) is 13.2 Å².